The maximum atomic E-state index is 12.6. The Balaban J connectivity index is 4.39. The summed E-state index contributed by atoms with van der Waals surface area (Å²) in [7, 11) is 1.48. The van der Waals surface area contributed by atoms with Crippen LogP contribution in [0.25, 0.3) is 0 Å². The molecule has 0 aliphatic rings. The van der Waals surface area contributed by atoms with Crippen molar-refractivity contribution in [3.63, 3.8) is 0 Å². The minimum Gasteiger partial charge on any atom is -0.462 e. The first-order chi connectivity index (χ1) is 23.5. The van der Waals surface area contributed by atoms with Gasteiger partial charge in [0.25, 0.3) is 0 Å². The van der Waals surface area contributed by atoms with E-state index >= 15 is 0 Å². The molecule has 290 valence electrons. The lowest BCUT2D eigenvalue weighted by Gasteiger charge is -2.24. The standard InChI is InChI=1S/C39H76NO8P/c1-6-8-10-12-14-16-18-19-20-22-23-25-27-29-31-38(41)45-35-37(36-47-49(43,44)46-34-33-40(3,4)5)48-39(42)32-30-28-26-24-21-17-15-13-11-9-7-2/h13,15,37H,6-12,14,16-36H2,1-5H3/p+1/b15-13+/t37-/m1/s1. The summed E-state index contributed by atoms with van der Waals surface area (Å²) in [5, 5.41) is 0. The third-order valence-electron chi connectivity index (χ3n) is 8.55. The zero-order chi connectivity index (χ0) is 36.5. The van der Waals surface area contributed by atoms with E-state index in [9.17, 15) is 19.0 Å². The number of allylic oxidation sites excluding steroid dienone is 2. The summed E-state index contributed by atoms with van der Waals surface area (Å²) in [4.78, 5) is 35.2. The largest absolute Gasteiger partial charge is 0.472 e. The molecule has 0 rings (SSSR count). The van der Waals surface area contributed by atoms with Gasteiger partial charge >= 0.3 is 19.8 Å². The molecule has 0 aromatic carbocycles. The molecular formula is C39H77NO8P+. The van der Waals surface area contributed by atoms with E-state index in [1.807, 2.05) is 21.1 Å². The van der Waals surface area contributed by atoms with Crippen LogP contribution in [0.4, 0.5) is 0 Å². The molecule has 1 N–H and O–H groups in total. The molecule has 0 bridgehead atoms. The van der Waals surface area contributed by atoms with Crippen molar-refractivity contribution in [3.8, 4) is 0 Å². The summed E-state index contributed by atoms with van der Waals surface area (Å²) in [5.74, 6) is -0.805. The van der Waals surface area contributed by atoms with Crippen LogP contribution in [0.15, 0.2) is 12.2 Å². The second kappa shape index (κ2) is 32.6. The Hall–Kier alpha value is -1.25. The quantitative estimate of drug-likeness (QED) is 0.0224. The maximum absolute atomic E-state index is 12.6. The number of hydrogen-bond acceptors (Lipinski definition) is 7. The zero-order valence-electron chi connectivity index (χ0n) is 32.4. The number of likely N-dealkylation sites (N-methyl/N-ethyl adjacent to an activating group) is 1. The number of carbonyl (C=O) groups excluding carboxylic acids is 2. The van der Waals surface area contributed by atoms with E-state index in [4.69, 9.17) is 18.5 Å². The van der Waals surface area contributed by atoms with Crippen LogP contribution in [0.5, 0.6) is 0 Å². The fourth-order valence-corrected chi connectivity index (χ4v) is 6.09. The van der Waals surface area contributed by atoms with E-state index in [1.165, 1.54) is 83.5 Å². The normalized spacial score (nSPS) is 13.8. The average molecular weight is 719 g/mol. The van der Waals surface area contributed by atoms with Crippen molar-refractivity contribution in [2.75, 3.05) is 47.5 Å². The van der Waals surface area contributed by atoms with Crippen LogP contribution in [0.2, 0.25) is 0 Å². The molecule has 1 unspecified atom stereocenters. The number of phosphoric acid groups is 1. The minimum absolute atomic E-state index is 0.0328. The van der Waals surface area contributed by atoms with E-state index < -0.39 is 26.5 Å². The number of phosphoric ester groups is 1. The maximum Gasteiger partial charge on any atom is 0.472 e. The van der Waals surface area contributed by atoms with E-state index in [1.54, 1.807) is 0 Å². The van der Waals surface area contributed by atoms with Crippen LogP contribution < -0.4 is 0 Å². The van der Waals surface area contributed by atoms with E-state index in [-0.39, 0.29) is 25.6 Å². The molecule has 9 nitrogen and oxygen atoms in total. The van der Waals surface area contributed by atoms with Gasteiger partial charge in [0, 0.05) is 12.8 Å². The number of nitrogens with zero attached hydrogens (tertiary/aromatic N) is 1. The van der Waals surface area contributed by atoms with Gasteiger partial charge in [-0.1, -0.05) is 142 Å². The van der Waals surface area contributed by atoms with Gasteiger partial charge in [0.05, 0.1) is 27.7 Å². The first-order valence-corrected chi connectivity index (χ1v) is 21.4. The Kier molecular flexibility index (Phi) is 31.8. The highest BCUT2D eigenvalue weighted by atomic mass is 31.2. The van der Waals surface area contributed by atoms with Gasteiger partial charge in [0.2, 0.25) is 0 Å². The molecule has 49 heavy (non-hydrogen) atoms. The predicted octanol–water partition coefficient (Wildman–Crippen LogP) is 10.6. The molecule has 2 atom stereocenters. The lowest BCUT2D eigenvalue weighted by atomic mass is 10.0. The van der Waals surface area contributed by atoms with Gasteiger partial charge in [0.15, 0.2) is 6.10 Å². The lowest BCUT2D eigenvalue weighted by molar-refractivity contribution is -0.870. The molecule has 0 saturated heterocycles. The molecule has 0 amide bonds. The van der Waals surface area contributed by atoms with Gasteiger partial charge in [-0.05, 0) is 32.1 Å². The molecule has 0 aromatic rings. The van der Waals surface area contributed by atoms with Gasteiger partial charge in [-0.25, -0.2) is 4.57 Å². The number of rotatable bonds is 36. The SMILES string of the molecule is CCCC/C=C/CCCCCCCC(=O)O[C@H](COC(=O)CCCCCCCCCCCCCCCC)COP(=O)(O)OCC[N+](C)(C)C. The monoisotopic (exact) mass is 719 g/mol. The molecule has 0 heterocycles. The van der Waals surface area contributed by atoms with Crippen molar-refractivity contribution in [2.45, 2.75) is 180 Å². The van der Waals surface area contributed by atoms with Gasteiger partial charge < -0.3 is 18.9 Å². The molecule has 0 aliphatic carbocycles. The van der Waals surface area contributed by atoms with Crippen molar-refractivity contribution in [2.24, 2.45) is 0 Å². The van der Waals surface area contributed by atoms with Crippen molar-refractivity contribution < 1.29 is 42.1 Å². The van der Waals surface area contributed by atoms with Crippen molar-refractivity contribution in [1.29, 1.82) is 0 Å². The van der Waals surface area contributed by atoms with Crippen LogP contribution in [0.1, 0.15) is 174 Å². The zero-order valence-corrected chi connectivity index (χ0v) is 33.3. The van der Waals surface area contributed by atoms with E-state index in [0.717, 1.165) is 57.8 Å². The summed E-state index contributed by atoms with van der Waals surface area (Å²) >= 11 is 0. The topological polar surface area (TPSA) is 108 Å². The van der Waals surface area contributed by atoms with Crippen molar-refractivity contribution in [1.82, 2.24) is 0 Å². The molecule has 0 radical (unpaired) electrons. The Morgan fingerprint density at radius 1 is 0.612 bits per heavy atom. The van der Waals surface area contributed by atoms with Crippen LogP contribution in [-0.4, -0.2) is 74.9 Å². The average Bonchev–Trinajstić information content (AvgIpc) is 3.04. The minimum atomic E-state index is -4.36. The van der Waals surface area contributed by atoms with Crippen LogP contribution in [0, 0.1) is 0 Å². The molecular weight excluding hydrogens is 641 g/mol. The Morgan fingerprint density at radius 2 is 1.06 bits per heavy atom. The molecule has 0 saturated carbocycles. The van der Waals surface area contributed by atoms with Crippen LogP contribution >= 0.6 is 7.82 Å². The Labute approximate surface area is 301 Å². The molecule has 0 aromatic heterocycles. The Morgan fingerprint density at radius 3 is 1.57 bits per heavy atom. The lowest BCUT2D eigenvalue weighted by Crippen LogP contribution is -2.37. The van der Waals surface area contributed by atoms with Crippen molar-refractivity contribution in [3.05, 3.63) is 12.2 Å². The van der Waals surface area contributed by atoms with E-state index in [0.29, 0.717) is 23.9 Å². The second-order valence-electron chi connectivity index (χ2n) is 14.7. The third-order valence-corrected chi connectivity index (χ3v) is 9.53. The summed E-state index contributed by atoms with van der Waals surface area (Å²) < 4.78 is 34.2. The number of esters is 2. The highest BCUT2D eigenvalue weighted by molar-refractivity contribution is 7.47. The number of ether oxygens (including phenoxy) is 2. The fraction of sp³-hybridized carbons (Fsp3) is 0.897. The smallest absolute Gasteiger partial charge is 0.462 e. The van der Waals surface area contributed by atoms with Gasteiger partial charge in [-0.15, -0.1) is 0 Å². The van der Waals surface area contributed by atoms with Crippen LogP contribution in [0.3, 0.4) is 0 Å². The number of quaternary nitrogens is 1. The summed E-state index contributed by atoms with van der Waals surface area (Å²) in [6.45, 7) is 4.37. The highest BCUT2D eigenvalue weighted by Crippen LogP contribution is 2.43. The fourth-order valence-electron chi connectivity index (χ4n) is 5.35. The number of hydrogen-bond donors (Lipinski definition) is 1. The third kappa shape index (κ3) is 36.3. The van der Waals surface area contributed by atoms with Gasteiger partial charge in [-0.2, -0.15) is 0 Å². The second-order valence-corrected chi connectivity index (χ2v) is 16.1. The molecule has 0 aliphatic heterocycles. The summed E-state index contributed by atoms with van der Waals surface area (Å²) in [6, 6.07) is 0. The number of carbonyl (C=O) groups is 2. The van der Waals surface area contributed by atoms with Gasteiger partial charge in [-0.3, -0.25) is 18.6 Å². The predicted molar refractivity (Wildman–Crippen MR) is 201 cm³/mol. The summed E-state index contributed by atoms with van der Waals surface area (Å²) in [5.41, 5.74) is 0. The van der Waals surface area contributed by atoms with Crippen LogP contribution in [-0.2, 0) is 32.7 Å². The highest BCUT2D eigenvalue weighted by Gasteiger charge is 2.27. The number of unbranched alkanes of at least 4 members (excludes halogenated alkanes) is 20. The van der Waals surface area contributed by atoms with Crippen molar-refractivity contribution >= 4 is 19.8 Å². The molecule has 0 spiro atoms. The Bertz CT molecular complexity index is 860. The first kappa shape index (κ1) is 47.8. The summed E-state index contributed by atoms with van der Waals surface area (Å²) in [6.07, 6.45) is 31.1. The molecule has 10 heteroatoms. The van der Waals surface area contributed by atoms with E-state index in [2.05, 4.69) is 26.0 Å². The van der Waals surface area contributed by atoms with Gasteiger partial charge in [0.1, 0.15) is 19.8 Å². The molecule has 0 fully saturated rings. The first-order valence-electron chi connectivity index (χ1n) is 19.9.